The van der Waals surface area contributed by atoms with Gasteiger partial charge in [0.15, 0.2) is 0 Å². The van der Waals surface area contributed by atoms with Gasteiger partial charge < -0.3 is 5.32 Å². The number of nitrogens with one attached hydrogen (secondary N) is 2. The summed E-state index contributed by atoms with van der Waals surface area (Å²) in [5, 5.41) is 2.66. The van der Waals surface area contributed by atoms with E-state index in [2.05, 4.69) is 10.0 Å². The SMILES string of the molecule is CNS(=O)(=O)c1ccc(/C=C/C(=O)NCc2ccc(C)c(F)c2)cc1. The third-order valence-corrected chi connectivity index (χ3v) is 5.02. The molecule has 1 amide bonds. The van der Waals surface area contributed by atoms with Gasteiger partial charge in [-0.05, 0) is 54.9 Å². The summed E-state index contributed by atoms with van der Waals surface area (Å²) in [5.74, 6) is -0.633. The van der Waals surface area contributed by atoms with Crippen LogP contribution < -0.4 is 10.0 Å². The van der Waals surface area contributed by atoms with Crippen LogP contribution in [0.2, 0.25) is 0 Å². The minimum Gasteiger partial charge on any atom is -0.348 e. The summed E-state index contributed by atoms with van der Waals surface area (Å²) in [6, 6.07) is 10.9. The Morgan fingerprint density at radius 2 is 1.84 bits per heavy atom. The zero-order chi connectivity index (χ0) is 18.4. The fourth-order valence-corrected chi connectivity index (χ4v) is 2.77. The first-order chi connectivity index (χ1) is 11.8. The fraction of sp³-hybridized carbons (Fsp3) is 0.167. The summed E-state index contributed by atoms with van der Waals surface area (Å²) in [6.07, 6.45) is 2.91. The van der Waals surface area contributed by atoms with E-state index in [1.807, 2.05) is 0 Å². The Kier molecular flexibility index (Phi) is 6.06. The van der Waals surface area contributed by atoms with Gasteiger partial charge in [0.25, 0.3) is 0 Å². The van der Waals surface area contributed by atoms with Crippen LogP contribution in [0.15, 0.2) is 53.4 Å². The lowest BCUT2D eigenvalue weighted by Gasteiger charge is -2.04. The van der Waals surface area contributed by atoms with Crippen molar-refractivity contribution < 1.29 is 17.6 Å². The molecule has 0 fully saturated rings. The highest BCUT2D eigenvalue weighted by Crippen LogP contribution is 2.11. The monoisotopic (exact) mass is 362 g/mol. The van der Waals surface area contributed by atoms with Crippen LogP contribution in [0.25, 0.3) is 6.08 Å². The number of halogens is 1. The predicted octanol–water partition coefficient (Wildman–Crippen LogP) is 2.37. The molecule has 0 atom stereocenters. The van der Waals surface area contributed by atoms with Gasteiger partial charge >= 0.3 is 0 Å². The number of rotatable bonds is 6. The van der Waals surface area contributed by atoms with Crippen LogP contribution in [-0.4, -0.2) is 21.4 Å². The first-order valence-electron chi connectivity index (χ1n) is 7.56. The van der Waals surface area contributed by atoms with E-state index in [1.54, 1.807) is 37.3 Å². The van der Waals surface area contributed by atoms with E-state index in [4.69, 9.17) is 0 Å². The van der Waals surface area contributed by atoms with Gasteiger partial charge in [-0.1, -0.05) is 24.3 Å². The highest BCUT2D eigenvalue weighted by Gasteiger charge is 2.09. The molecule has 2 rings (SSSR count). The van der Waals surface area contributed by atoms with Crippen LogP contribution in [0.3, 0.4) is 0 Å². The van der Waals surface area contributed by atoms with Crippen LogP contribution in [0.5, 0.6) is 0 Å². The molecular weight excluding hydrogens is 343 g/mol. The van der Waals surface area contributed by atoms with E-state index in [-0.39, 0.29) is 23.2 Å². The van der Waals surface area contributed by atoms with Crippen molar-refractivity contribution in [2.45, 2.75) is 18.4 Å². The van der Waals surface area contributed by atoms with Gasteiger partial charge in [0.2, 0.25) is 15.9 Å². The van der Waals surface area contributed by atoms with E-state index >= 15 is 0 Å². The molecule has 2 aromatic rings. The molecule has 7 heteroatoms. The molecule has 0 aliphatic carbocycles. The molecule has 0 aromatic heterocycles. The third-order valence-electron chi connectivity index (χ3n) is 3.59. The topological polar surface area (TPSA) is 75.3 Å². The Morgan fingerprint density at radius 3 is 2.44 bits per heavy atom. The fourth-order valence-electron chi connectivity index (χ4n) is 2.04. The number of benzene rings is 2. The normalized spacial score (nSPS) is 11.6. The highest BCUT2D eigenvalue weighted by molar-refractivity contribution is 7.89. The van der Waals surface area contributed by atoms with Crippen molar-refractivity contribution in [2.24, 2.45) is 0 Å². The lowest BCUT2D eigenvalue weighted by Crippen LogP contribution is -2.20. The van der Waals surface area contributed by atoms with Crippen molar-refractivity contribution in [3.8, 4) is 0 Å². The maximum Gasteiger partial charge on any atom is 0.244 e. The van der Waals surface area contributed by atoms with Crippen LogP contribution in [0, 0.1) is 12.7 Å². The minimum atomic E-state index is -3.48. The summed E-state index contributed by atoms with van der Waals surface area (Å²) >= 11 is 0. The zero-order valence-electron chi connectivity index (χ0n) is 13.9. The van der Waals surface area contributed by atoms with Gasteiger partial charge in [-0.15, -0.1) is 0 Å². The second kappa shape index (κ2) is 8.04. The lowest BCUT2D eigenvalue weighted by atomic mass is 10.1. The molecule has 132 valence electrons. The standard InChI is InChI=1S/C18H19FN2O3S/c1-13-3-4-15(11-17(13)19)12-21-18(22)10-7-14-5-8-16(9-6-14)25(23,24)20-2/h3-11,20H,12H2,1-2H3,(H,21,22)/b10-7+. The molecule has 2 aromatic carbocycles. The number of sulfonamides is 1. The number of carbonyl (C=O) groups is 1. The van der Waals surface area contributed by atoms with Crippen molar-refractivity contribution in [3.05, 3.63) is 71.0 Å². The summed E-state index contributed by atoms with van der Waals surface area (Å²) in [6.45, 7) is 1.90. The number of carbonyl (C=O) groups excluding carboxylic acids is 1. The van der Waals surface area contributed by atoms with Gasteiger partial charge in [0.05, 0.1) is 4.90 Å². The third kappa shape index (κ3) is 5.23. The van der Waals surface area contributed by atoms with E-state index in [0.717, 1.165) is 0 Å². The summed E-state index contributed by atoms with van der Waals surface area (Å²) in [5.41, 5.74) is 1.91. The Morgan fingerprint density at radius 1 is 1.16 bits per heavy atom. The van der Waals surface area contributed by atoms with Crippen molar-refractivity contribution in [1.29, 1.82) is 0 Å². The molecule has 0 aliphatic rings. The zero-order valence-corrected chi connectivity index (χ0v) is 14.7. The molecule has 0 unspecified atom stereocenters. The van der Waals surface area contributed by atoms with E-state index < -0.39 is 10.0 Å². The molecule has 0 radical (unpaired) electrons. The van der Waals surface area contributed by atoms with Gasteiger partial charge in [0, 0.05) is 12.6 Å². The maximum atomic E-state index is 13.4. The van der Waals surface area contributed by atoms with Gasteiger partial charge in [0.1, 0.15) is 5.82 Å². The number of aryl methyl sites for hydroxylation is 1. The maximum absolute atomic E-state index is 13.4. The Bertz CT molecular complexity index is 891. The summed E-state index contributed by atoms with van der Waals surface area (Å²) < 4.78 is 38.9. The second-order valence-corrected chi connectivity index (χ2v) is 7.30. The molecule has 0 bridgehead atoms. The lowest BCUT2D eigenvalue weighted by molar-refractivity contribution is -0.116. The van der Waals surface area contributed by atoms with Crippen molar-refractivity contribution >= 4 is 22.0 Å². The second-order valence-electron chi connectivity index (χ2n) is 5.41. The van der Waals surface area contributed by atoms with Crippen LogP contribution in [0.1, 0.15) is 16.7 Å². The average Bonchev–Trinajstić information content (AvgIpc) is 2.61. The molecule has 25 heavy (non-hydrogen) atoms. The first kappa shape index (κ1) is 18.8. The minimum absolute atomic E-state index is 0.151. The quantitative estimate of drug-likeness (QED) is 0.775. The number of amides is 1. The van der Waals surface area contributed by atoms with Crippen LogP contribution in [0.4, 0.5) is 4.39 Å². The van der Waals surface area contributed by atoms with E-state index in [1.165, 1.54) is 31.3 Å². The number of hydrogen-bond acceptors (Lipinski definition) is 3. The van der Waals surface area contributed by atoms with Crippen LogP contribution in [-0.2, 0) is 21.4 Å². The smallest absolute Gasteiger partial charge is 0.244 e. The Hall–Kier alpha value is -2.51. The van der Waals surface area contributed by atoms with Crippen molar-refractivity contribution in [3.63, 3.8) is 0 Å². The van der Waals surface area contributed by atoms with E-state index in [9.17, 15) is 17.6 Å². The first-order valence-corrected chi connectivity index (χ1v) is 9.05. The molecule has 0 saturated heterocycles. The molecule has 0 spiro atoms. The van der Waals surface area contributed by atoms with Gasteiger partial charge in [-0.3, -0.25) is 4.79 Å². The van der Waals surface area contributed by atoms with Crippen LogP contribution >= 0.6 is 0 Å². The molecule has 0 aliphatic heterocycles. The largest absolute Gasteiger partial charge is 0.348 e. The van der Waals surface area contributed by atoms with Crippen molar-refractivity contribution in [2.75, 3.05) is 7.05 Å². The van der Waals surface area contributed by atoms with Crippen molar-refractivity contribution in [1.82, 2.24) is 10.0 Å². The van der Waals surface area contributed by atoms with Gasteiger partial charge in [-0.25, -0.2) is 17.5 Å². The molecule has 0 saturated carbocycles. The molecular formula is C18H19FN2O3S. The summed E-state index contributed by atoms with van der Waals surface area (Å²) in [7, 11) is -2.14. The number of hydrogen-bond donors (Lipinski definition) is 2. The average molecular weight is 362 g/mol. The van der Waals surface area contributed by atoms with E-state index in [0.29, 0.717) is 16.7 Å². The molecule has 0 heterocycles. The summed E-state index contributed by atoms with van der Waals surface area (Å²) in [4.78, 5) is 12.0. The predicted molar refractivity (Wildman–Crippen MR) is 94.7 cm³/mol. The Labute approximate surface area is 146 Å². The highest BCUT2D eigenvalue weighted by atomic mass is 32.2. The Balaban J connectivity index is 1.94. The molecule has 5 nitrogen and oxygen atoms in total. The van der Waals surface area contributed by atoms with Gasteiger partial charge in [-0.2, -0.15) is 0 Å². The molecule has 2 N–H and O–H groups in total.